The third-order valence-electron chi connectivity index (χ3n) is 4.75. The fourth-order valence-electron chi connectivity index (χ4n) is 3.34. The molecule has 1 aromatic carbocycles. The van der Waals surface area contributed by atoms with E-state index in [1.807, 2.05) is 56.3 Å². The summed E-state index contributed by atoms with van der Waals surface area (Å²) < 4.78 is 0. The Kier molecular flexibility index (Phi) is 5.71. The molecule has 0 bridgehead atoms. The first-order valence-electron chi connectivity index (χ1n) is 9.25. The van der Waals surface area contributed by atoms with Gasteiger partial charge in [0.1, 0.15) is 5.69 Å². The standard InChI is InChI=1S/C20H27N5O/c1-4-16(15-10-6-5-7-11-15)19(26)22-17-14-21-20(23-18(17)24(2)3)25-12-8-9-13-25/h5-7,10-11,14,16H,4,8-9,12-13H2,1-3H3,(H,22,26)/t16-/m1/s1. The van der Waals surface area contributed by atoms with Gasteiger partial charge in [-0.05, 0) is 24.8 Å². The summed E-state index contributed by atoms with van der Waals surface area (Å²) in [4.78, 5) is 26.2. The Morgan fingerprint density at radius 1 is 1.23 bits per heavy atom. The Morgan fingerprint density at radius 2 is 1.92 bits per heavy atom. The number of amides is 1. The van der Waals surface area contributed by atoms with E-state index in [2.05, 4.69) is 15.2 Å². The van der Waals surface area contributed by atoms with Crippen molar-refractivity contribution in [2.24, 2.45) is 0 Å². The number of anilines is 3. The van der Waals surface area contributed by atoms with Crippen molar-refractivity contribution in [2.45, 2.75) is 32.1 Å². The summed E-state index contributed by atoms with van der Waals surface area (Å²) in [5, 5.41) is 3.04. The first-order valence-corrected chi connectivity index (χ1v) is 9.25. The normalized spacial score (nSPS) is 15.0. The van der Waals surface area contributed by atoms with E-state index in [0.29, 0.717) is 5.69 Å². The lowest BCUT2D eigenvalue weighted by atomic mass is 9.95. The molecule has 1 amide bonds. The van der Waals surface area contributed by atoms with E-state index in [1.165, 1.54) is 12.8 Å². The van der Waals surface area contributed by atoms with Crippen molar-refractivity contribution in [3.05, 3.63) is 42.1 Å². The molecular formula is C20H27N5O. The Bertz CT molecular complexity index is 741. The van der Waals surface area contributed by atoms with Crippen LogP contribution in [-0.2, 0) is 4.79 Å². The molecule has 2 aromatic rings. The van der Waals surface area contributed by atoms with Crippen LogP contribution in [0, 0.1) is 0 Å². The third-order valence-corrected chi connectivity index (χ3v) is 4.75. The van der Waals surface area contributed by atoms with Crippen LogP contribution < -0.4 is 15.1 Å². The van der Waals surface area contributed by atoms with Crippen LogP contribution in [0.3, 0.4) is 0 Å². The second kappa shape index (κ2) is 8.17. The van der Waals surface area contributed by atoms with E-state index >= 15 is 0 Å². The zero-order valence-corrected chi connectivity index (χ0v) is 15.8. The highest BCUT2D eigenvalue weighted by Crippen LogP contribution is 2.27. The van der Waals surface area contributed by atoms with Gasteiger partial charge in [0.15, 0.2) is 5.82 Å². The van der Waals surface area contributed by atoms with Gasteiger partial charge in [-0.3, -0.25) is 4.79 Å². The van der Waals surface area contributed by atoms with Crippen LogP contribution in [0.15, 0.2) is 36.5 Å². The largest absolute Gasteiger partial charge is 0.361 e. The Balaban J connectivity index is 1.82. The predicted octanol–water partition coefficient (Wildman–Crippen LogP) is 3.28. The molecule has 2 heterocycles. The fourth-order valence-corrected chi connectivity index (χ4v) is 3.34. The molecule has 6 nitrogen and oxygen atoms in total. The van der Waals surface area contributed by atoms with E-state index in [0.717, 1.165) is 36.8 Å². The molecule has 0 saturated carbocycles. The molecular weight excluding hydrogens is 326 g/mol. The first-order chi connectivity index (χ1) is 12.6. The molecule has 1 aromatic heterocycles. The molecule has 26 heavy (non-hydrogen) atoms. The smallest absolute Gasteiger partial charge is 0.232 e. The van der Waals surface area contributed by atoms with Crippen molar-refractivity contribution in [3.63, 3.8) is 0 Å². The summed E-state index contributed by atoms with van der Waals surface area (Å²) in [7, 11) is 3.86. The zero-order chi connectivity index (χ0) is 18.5. The molecule has 0 unspecified atom stereocenters. The van der Waals surface area contributed by atoms with Gasteiger partial charge in [0.25, 0.3) is 0 Å². The zero-order valence-electron chi connectivity index (χ0n) is 15.8. The van der Waals surface area contributed by atoms with Gasteiger partial charge in [0.05, 0.1) is 12.1 Å². The van der Waals surface area contributed by atoms with Crippen molar-refractivity contribution in [2.75, 3.05) is 42.3 Å². The highest BCUT2D eigenvalue weighted by Gasteiger charge is 2.22. The van der Waals surface area contributed by atoms with E-state index in [9.17, 15) is 4.79 Å². The van der Waals surface area contributed by atoms with E-state index in [-0.39, 0.29) is 11.8 Å². The van der Waals surface area contributed by atoms with Crippen molar-refractivity contribution in [1.82, 2.24) is 9.97 Å². The van der Waals surface area contributed by atoms with Crippen molar-refractivity contribution < 1.29 is 4.79 Å². The second-order valence-electron chi connectivity index (χ2n) is 6.86. The monoisotopic (exact) mass is 353 g/mol. The average Bonchev–Trinajstić information content (AvgIpc) is 3.18. The number of rotatable bonds is 6. The van der Waals surface area contributed by atoms with Crippen LogP contribution in [-0.4, -0.2) is 43.1 Å². The number of carbonyl (C=O) groups is 1. The van der Waals surface area contributed by atoms with Gasteiger partial charge in [0, 0.05) is 27.2 Å². The van der Waals surface area contributed by atoms with Crippen LogP contribution in [0.1, 0.15) is 37.7 Å². The molecule has 1 aliphatic rings. The molecule has 0 aliphatic carbocycles. The molecule has 1 fully saturated rings. The molecule has 138 valence electrons. The quantitative estimate of drug-likeness (QED) is 0.863. The maximum absolute atomic E-state index is 12.9. The fraction of sp³-hybridized carbons (Fsp3) is 0.450. The number of nitrogens with one attached hydrogen (secondary N) is 1. The SMILES string of the molecule is CC[C@@H](C(=O)Nc1cnc(N2CCCC2)nc1N(C)C)c1ccccc1. The van der Waals surface area contributed by atoms with Crippen molar-refractivity contribution in [3.8, 4) is 0 Å². The molecule has 1 atom stereocenters. The highest BCUT2D eigenvalue weighted by molar-refractivity contribution is 5.97. The molecule has 6 heteroatoms. The van der Waals surface area contributed by atoms with Crippen LogP contribution in [0.2, 0.25) is 0 Å². The third kappa shape index (κ3) is 3.95. The molecule has 0 spiro atoms. The van der Waals surface area contributed by atoms with Crippen LogP contribution in [0.25, 0.3) is 0 Å². The molecule has 0 radical (unpaired) electrons. The van der Waals surface area contributed by atoms with Gasteiger partial charge in [-0.15, -0.1) is 0 Å². The minimum atomic E-state index is -0.190. The average molecular weight is 353 g/mol. The summed E-state index contributed by atoms with van der Waals surface area (Å²) in [6.45, 7) is 4.01. The summed E-state index contributed by atoms with van der Waals surface area (Å²) >= 11 is 0. The number of benzene rings is 1. The Labute approximate surface area is 155 Å². The summed E-state index contributed by atoms with van der Waals surface area (Å²) in [5.74, 6) is 1.25. The molecule has 3 rings (SSSR count). The van der Waals surface area contributed by atoms with Gasteiger partial charge in [-0.1, -0.05) is 37.3 Å². The van der Waals surface area contributed by atoms with Gasteiger partial charge in [-0.25, -0.2) is 4.98 Å². The lowest BCUT2D eigenvalue weighted by molar-refractivity contribution is -0.117. The van der Waals surface area contributed by atoms with E-state index in [1.54, 1.807) is 6.20 Å². The van der Waals surface area contributed by atoms with Gasteiger partial charge in [0.2, 0.25) is 11.9 Å². The molecule has 1 N–H and O–H groups in total. The van der Waals surface area contributed by atoms with Crippen LogP contribution >= 0.6 is 0 Å². The number of nitrogens with zero attached hydrogens (tertiary/aromatic N) is 4. The summed E-state index contributed by atoms with van der Waals surface area (Å²) in [6, 6.07) is 9.87. The van der Waals surface area contributed by atoms with Gasteiger partial charge in [-0.2, -0.15) is 4.98 Å². The Morgan fingerprint density at radius 3 is 2.54 bits per heavy atom. The maximum atomic E-state index is 12.9. The maximum Gasteiger partial charge on any atom is 0.232 e. The van der Waals surface area contributed by atoms with Crippen molar-refractivity contribution >= 4 is 23.4 Å². The lowest BCUT2D eigenvalue weighted by Gasteiger charge is -2.22. The topological polar surface area (TPSA) is 61.4 Å². The van der Waals surface area contributed by atoms with E-state index < -0.39 is 0 Å². The Hall–Kier alpha value is -2.63. The first kappa shape index (κ1) is 18.2. The van der Waals surface area contributed by atoms with Crippen molar-refractivity contribution in [1.29, 1.82) is 0 Å². The highest BCUT2D eigenvalue weighted by atomic mass is 16.1. The lowest BCUT2D eigenvalue weighted by Crippen LogP contribution is -2.25. The number of carbonyl (C=O) groups excluding carboxylic acids is 1. The minimum Gasteiger partial charge on any atom is -0.361 e. The van der Waals surface area contributed by atoms with Crippen LogP contribution in [0.5, 0.6) is 0 Å². The second-order valence-corrected chi connectivity index (χ2v) is 6.86. The van der Waals surface area contributed by atoms with Gasteiger partial charge >= 0.3 is 0 Å². The molecule has 1 saturated heterocycles. The van der Waals surface area contributed by atoms with Crippen LogP contribution in [0.4, 0.5) is 17.5 Å². The van der Waals surface area contributed by atoms with Gasteiger partial charge < -0.3 is 15.1 Å². The summed E-state index contributed by atoms with van der Waals surface area (Å²) in [6.07, 6.45) is 4.81. The minimum absolute atomic E-state index is 0.0284. The number of aromatic nitrogens is 2. The molecule has 1 aliphatic heterocycles. The summed E-state index contributed by atoms with van der Waals surface area (Å²) in [5.41, 5.74) is 1.67. The number of hydrogen-bond donors (Lipinski definition) is 1. The number of hydrogen-bond acceptors (Lipinski definition) is 5. The predicted molar refractivity (Wildman–Crippen MR) is 106 cm³/mol. The van der Waals surface area contributed by atoms with E-state index in [4.69, 9.17) is 4.98 Å².